The summed E-state index contributed by atoms with van der Waals surface area (Å²) in [5.41, 5.74) is 5.83. The van der Waals surface area contributed by atoms with E-state index in [0.29, 0.717) is 34.1 Å². The Morgan fingerprint density at radius 2 is 1.37 bits per heavy atom. The number of ether oxygens (including phenoxy) is 4. The number of methoxy groups -OCH3 is 2. The number of aliphatic hydroxyl groups excluding tert-OH is 1. The summed E-state index contributed by atoms with van der Waals surface area (Å²) in [7, 11) is 3.13. The molecule has 7 nitrogen and oxygen atoms in total. The summed E-state index contributed by atoms with van der Waals surface area (Å²) in [5.74, 6) is 4.68. The summed E-state index contributed by atoms with van der Waals surface area (Å²) in [5, 5.41) is 32.8. The Labute approximate surface area is 305 Å². The Morgan fingerprint density at radius 1 is 0.788 bits per heavy atom. The van der Waals surface area contributed by atoms with E-state index < -0.39 is 12.1 Å². The number of aliphatic hydroxyl groups is 2. The molecule has 7 heteroatoms. The highest BCUT2D eigenvalue weighted by Gasteiger charge is 2.53. The van der Waals surface area contributed by atoms with Crippen molar-refractivity contribution in [2.45, 2.75) is 71.1 Å². The van der Waals surface area contributed by atoms with Crippen molar-refractivity contribution >= 4 is 10.8 Å². The molecular weight excluding hydrogens is 652 g/mol. The van der Waals surface area contributed by atoms with Crippen molar-refractivity contribution in [1.29, 1.82) is 0 Å². The minimum absolute atomic E-state index is 0.0443. The van der Waals surface area contributed by atoms with Crippen LogP contribution in [0.2, 0.25) is 0 Å². The van der Waals surface area contributed by atoms with Gasteiger partial charge in [-0.2, -0.15) is 0 Å². The topological polar surface area (TPSA) is 97.6 Å². The van der Waals surface area contributed by atoms with Crippen LogP contribution in [0.5, 0.6) is 23.0 Å². The first-order valence-corrected chi connectivity index (χ1v) is 17.6. The molecule has 0 aromatic heterocycles. The third-order valence-electron chi connectivity index (χ3n) is 10.8. The Balaban J connectivity index is 0.000000182. The summed E-state index contributed by atoms with van der Waals surface area (Å²) < 4.78 is 21.9. The van der Waals surface area contributed by atoms with Gasteiger partial charge in [0.15, 0.2) is 17.1 Å². The molecule has 1 spiro atoms. The molecule has 0 radical (unpaired) electrons. The van der Waals surface area contributed by atoms with Gasteiger partial charge in [-0.1, -0.05) is 94.3 Å². The molecular formula is C45H46O7. The molecule has 0 bridgehead atoms. The van der Waals surface area contributed by atoms with Crippen molar-refractivity contribution in [3.05, 3.63) is 119 Å². The fourth-order valence-electron chi connectivity index (χ4n) is 9.37. The maximum Gasteiger partial charge on any atom is 0.360 e. The lowest BCUT2D eigenvalue weighted by atomic mass is 9.52. The lowest BCUT2D eigenvalue weighted by Crippen LogP contribution is -2.43. The van der Waals surface area contributed by atoms with E-state index in [2.05, 4.69) is 57.9 Å². The van der Waals surface area contributed by atoms with Gasteiger partial charge in [0.25, 0.3) is 0 Å². The highest BCUT2D eigenvalue weighted by Crippen LogP contribution is 2.65. The predicted octanol–water partition coefficient (Wildman–Crippen LogP) is 8.81. The van der Waals surface area contributed by atoms with Gasteiger partial charge in [-0.15, -0.1) is 6.42 Å². The number of aromatic hydroxyl groups is 1. The lowest BCUT2D eigenvalue weighted by molar-refractivity contribution is -0.157. The minimum atomic E-state index is -1.50. The number of fused-ring (bicyclic) bond motifs is 8. The first kappa shape index (κ1) is 35.4. The SMILES string of the molecule is C#CC(O)(c1ccc(CO)cc1)c1ccc(OC)cc1.COC1Oc2cc3c(O)cc4c(c3cc2O1)-c1ccccc1C41CC(C)(C)CC(C)(C)C1. The van der Waals surface area contributed by atoms with E-state index in [1.807, 2.05) is 18.2 Å². The van der Waals surface area contributed by atoms with E-state index in [-0.39, 0.29) is 22.9 Å². The van der Waals surface area contributed by atoms with Crippen LogP contribution in [0, 0.1) is 23.2 Å². The molecule has 8 rings (SSSR count). The number of phenols is 1. The van der Waals surface area contributed by atoms with Crippen LogP contribution in [0.4, 0.5) is 0 Å². The molecule has 2 atom stereocenters. The normalized spacial score (nSPS) is 19.5. The molecule has 5 aromatic rings. The van der Waals surface area contributed by atoms with Crippen molar-refractivity contribution in [3.63, 3.8) is 0 Å². The summed E-state index contributed by atoms with van der Waals surface area (Å²) >= 11 is 0. The molecule has 3 N–H and O–H groups in total. The average molecular weight is 699 g/mol. The fourth-order valence-corrected chi connectivity index (χ4v) is 9.37. The standard InChI is InChI=1S/C28H30O4.C17H16O3/c1-26(2)13-27(3,4)15-28(14-26)19-9-7-6-8-16(19)24-18-11-23-22(31-25(30-5)32-23)10-17(18)21(29)12-20(24)28;1-3-17(19,14-6-4-13(12-18)5-7-14)15-8-10-16(20-2)11-9-15/h6-12,25,29H,13-15H2,1-5H3;1,4-11,18-19H,12H2,2H3. The molecule has 5 aromatic carbocycles. The van der Waals surface area contributed by atoms with Gasteiger partial charge in [0.05, 0.1) is 13.7 Å². The Bertz CT molecular complexity index is 2110. The highest BCUT2D eigenvalue weighted by atomic mass is 16.9. The van der Waals surface area contributed by atoms with Crippen LogP contribution in [-0.4, -0.2) is 36.0 Å². The molecule has 0 amide bonds. The summed E-state index contributed by atoms with van der Waals surface area (Å²) in [6.07, 6.45) is 8.85. The summed E-state index contributed by atoms with van der Waals surface area (Å²) in [4.78, 5) is 0. The molecule has 1 heterocycles. The number of rotatable bonds is 5. The molecule has 1 fully saturated rings. The Kier molecular flexibility index (Phi) is 8.78. The molecule has 1 aliphatic heterocycles. The van der Waals surface area contributed by atoms with E-state index in [1.165, 1.54) is 28.7 Å². The van der Waals surface area contributed by atoms with E-state index in [1.54, 1.807) is 62.8 Å². The van der Waals surface area contributed by atoms with Crippen LogP contribution >= 0.6 is 0 Å². The maximum atomic E-state index is 11.2. The third kappa shape index (κ3) is 5.95. The predicted molar refractivity (Wildman–Crippen MR) is 202 cm³/mol. The first-order valence-electron chi connectivity index (χ1n) is 17.6. The number of hydrogen-bond donors (Lipinski definition) is 3. The first-order chi connectivity index (χ1) is 24.8. The molecule has 2 unspecified atom stereocenters. The quantitative estimate of drug-likeness (QED) is 0.158. The zero-order chi connectivity index (χ0) is 37.1. The number of phenolic OH excluding ortho intramolecular Hbond substituents is 1. The van der Waals surface area contributed by atoms with Crippen molar-refractivity contribution in [3.8, 4) is 46.5 Å². The lowest BCUT2D eigenvalue weighted by Gasteiger charge is -2.51. The van der Waals surface area contributed by atoms with Crippen molar-refractivity contribution < 1.29 is 34.3 Å². The molecule has 1 saturated carbocycles. The number of benzene rings is 5. The van der Waals surface area contributed by atoms with Crippen LogP contribution in [0.3, 0.4) is 0 Å². The van der Waals surface area contributed by atoms with Crippen molar-refractivity contribution in [1.82, 2.24) is 0 Å². The molecule has 3 aliphatic rings. The molecule has 0 saturated heterocycles. The van der Waals surface area contributed by atoms with Crippen molar-refractivity contribution in [2.75, 3.05) is 14.2 Å². The van der Waals surface area contributed by atoms with E-state index in [4.69, 9.17) is 30.5 Å². The van der Waals surface area contributed by atoms with Gasteiger partial charge in [-0.3, -0.25) is 0 Å². The zero-order valence-corrected chi connectivity index (χ0v) is 30.6. The average Bonchev–Trinajstić information content (AvgIpc) is 3.65. The van der Waals surface area contributed by atoms with Gasteiger partial charge >= 0.3 is 6.48 Å². The van der Waals surface area contributed by atoms with Crippen molar-refractivity contribution in [2.24, 2.45) is 10.8 Å². The minimum Gasteiger partial charge on any atom is -0.507 e. The van der Waals surface area contributed by atoms with Crippen LogP contribution in [0.25, 0.3) is 21.9 Å². The second kappa shape index (κ2) is 12.9. The van der Waals surface area contributed by atoms with Gasteiger partial charge in [-0.25, -0.2) is 0 Å². The molecule has 52 heavy (non-hydrogen) atoms. The van der Waals surface area contributed by atoms with Gasteiger partial charge in [0, 0.05) is 29.0 Å². The van der Waals surface area contributed by atoms with Gasteiger partial charge in [-0.05, 0) is 93.6 Å². The van der Waals surface area contributed by atoms with Gasteiger partial charge < -0.3 is 34.3 Å². The van der Waals surface area contributed by atoms with Crippen LogP contribution in [0.15, 0.2) is 91.0 Å². The smallest absolute Gasteiger partial charge is 0.360 e. The largest absolute Gasteiger partial charge is 0.507 e. The van der Waals surface area contributed by atoms with Crippen LogP contribution < -0.4 is 14.2 Å². The highest BCUT2D eigenvalue weighted by molar-refractivity contribution is 6.06. The number of hydrogen-bond acceptors (Lipinski definition) is 7. The third-order valence-corrected chi connectivity index (χ3v) is 10.8. The molecule has 268 valence electrons. The van der Waals surface area contributed by atoms with E-state index in [9.17, 15) is 10.2 Å². The maximum absolute atomic E-state index is 11.2. The summed E-state index contributed by atoms with van der Waals surface area (Å²) in [6.45, 7) is 8.76. The monoisotopic (exact) mass is 698 g/mol. The van der Waals surface area contributed by atoms with Crippen LogP contribution in [0.1, 0.15) is 74.8 Å². The van der Waals surface area contributed by atoms with Gasteiger partial charge in [0.2, 0.25) is 0 Å². The zero-order valence-electron chi connectivity index (χ0n) is 30.6. The van der Waals surface area contributed by atoms with E-state index in [0.717, 1.165) is 29.2 Å². The van der Waals surface area contributed by atoms with Gasteiger partial charge in [0.1, 0.15) is 11.5 Å². The number of terminal acetylenes is 1. The fraction of sp³-hybridized carbons (Fsp3) is 0.333. The Hall–Kier alpha value is -5.00. The second-order valence-corrected chi connectivity index (χ2v) is 15.8. The molecule has 2 aliphatic carbocycles. The van der Waals surface area contributed by atoms with E-state index >= 15 is 0 Å². The summed E-state index contributed by atoms with van der Waals surface area (Å²) in [6, 6.07) is 28.6. The van der Waals surface area contributed by atoms with Crippen LogP contribution in [-0.2, 0) is 22.4 Å². The Morgan fingerprint density at radius 3 is 1.92 bits per heavy atom. The second-order valence-electron chi connectivity index (χ2n) is 15.8.